The van der Waals surface area contributed by atoms with Gasteiger partial charge < -0.3 is 16.2 Å². The van der Waals surface area contributed by atoms with E-state index in [4.69, 9.17) is 10.8 Å². The molecule has 1 aromatic carbocycles. The van der Waals surface area contributed by atoms with Gasteiger partial charge >= 0.3 is 5.97 Å². The number of carboxylic acid groups (broad SMARTS) is 1. The summed E-state index contributed by atoms with van der Waals surface area (Å²) in [6.07, 6.45) is 0.0888. The SMILES string of the molecule is CC(N)C(=O)Nc1ccc(C(C)CC(=O)O)cc1. The highest BCUT2D eigenvalue weighted by Crippen LogP contribution is 2.20. The number of nitrogens with two attached hydrogens (primary N) is 1. The van der Waals surface area contributed by atoms with Gasteiger partial charge in [0.1, 0.15) is 0 Å². The maximum absolute atomic E-state index is 11.4. The van der Waals surface area contributed by atoms with E-state index in [2.05, 4.69) is 5.32 Å². The van der Waals surface area contributed by atoms with Crippen molar-refractivity contribution in [2.45, 2.75) is 32.2 Å². The van der Waals surface area contributed by atoms with Crippen LogP contribution in [0.15, 0.2) is 24.3 Å². The summed E-state index contributed by atoms with van der Waals surface area (Å²) in [6, 6.07) is 6.55. The molecule has 0 radical (unpaired) electrons. The van der Waals surface area contributed by atoms with Gasteiger partial charge in [0.05, 0.1) is 12.5 Å². The van der Waals surface area contributed by atoms with Crippen molar-refractivity contribution in [1.82, 2.24) is 0 Å². The third-order valence-corrected chi connectivity index (χ3v) is 2.64. The number of aliphatic carboxylic acids is 1. The molecule has 5 heteroatoms. The Morgan fingerprint density at radius 3 is 2.28 bits per heavy atom. The van der Waals surface area contributed by atoms with Gasteiger partial charge in [-0.2, -0.15) is 0 Å². The fourth-order valence-corrected chi connectivity index (χ4v) is 1.53. The zero-order valence-electron chi connectivity index (χ0n) is 10.5. The van der Waals surface area contributed by atoms with E-state index in [0.717, 1.165) is 5.56 Å². The molecule has 0 aliphatic heterocycles. The van der Waals surface area contributed by atoms with E-state index in [-0.39, 0.29) is 18.2 Å². The number of nitrogens with one attached hydrogen (secondary N) is 1. The zero-order chi connectivity index (χ0) is 13.7. The monoisotopic (exact) mass is 250 g/mol. The smallest absolute Gasteiger partial charge is 0.303 e. The Bertz CT molecular complexity index is 426. The number of benzene rings is 1. The molecule has 0 heterocycles. The summed E-state index contributed by atoms with van der Waals surface area (Å²) in [4.78, 5) is 22.0. The van der Waals surface area contributed by atoms with Crippen molar-refractivity contribution in [3.05, 3.63) is 29.8 Å². The molecule has 98 valence electrons. The molecule has 1 amide bonds. The highest BCUT2D eigenvalue weighted by molar-refractivity contribution is 5.94. The zero-order valence-corrected chi connectivity index (χ0v) is 10.5. The first-order valence-electron chi connectivity index (χ1n) is 5.78. The maximum Gasteiger partial charge on any atom is 0.303 e. The minimum Gasteiger partial charge on any atom is -0.481 e. The molecule has 0 spiro atoms. The van der Waals surface area contributed by atoms with Gasteiger partial charge in [-0.25, -0.2) is 0 Å². The van der Waals surface area contributed by atoms with E-state index in [1.54, 1.807) is 19.1 Å². The first-order chi connectivity index (χ1) is 8.40. The number of amides is 1. The maximum atomic E-state index is 11.4. The van der Waals surface area contributed by atoms with E-state index in [9.17, 15) is 9.59 Å². The topological polar surface area (TPSA) is 92.4 Å². The Morgan fingerprint density at radius 2 is 1.83 bits per heavy atom. The molecule has 0 saturated heterocycles. The first kappa shape index (κ1) is 14.2. The molecule has 0 saturated carbocycles. The molecule has 0 aliphatic carbocycles. The fraction of sp³-hybridized carbons (Fsp3) is 0.385. The molecule has 1 aromatic rings. The van der Waals surface area contributed by atoms with Gasteiger partial charge in [-0.3, -0.25) is 9.59 Å². The van der Waals surface area contributed by atoms with Crippen molar-refractivity contribution in [3.63, 3.8) is 0 Å². The quantitative estimate of drug-likeness (QED) is 0.739. The van der Waals surface area contributed by atoms with E-state index in [0.29, 0.717) is 5.69 Å². The van der Waals surface area contributed by atoms with Crippen molar-refractivity contribution in [2.75, 3.05) is 5.32 Å². The van der Waals surface area contributed by atoms with Crippen LogP contribution in [-0.2, 0) is 9.59 Å². The Hall–Kier alpha value is -1.88. The third-order valence-electron chi connectivity index (χ3n) is 2.64. The Balaban J connectivity index is 2.68. The summed E-state index contributed by atoms with van der Waals surface area (Å²) >= 11 is 0. The van der Waals surface area contributed by atoms with Crippen molar-refractivity contribution in [2.24, 2.45) is 5.73 Å². The number of anilines is 1. The highest BCUT2D eigenvalue weighted by atomic mass is 16.4. The number of carbonyl (C=O) groups is 2. The molecule has 4 N–H and O–H groups in total. The lowest BCUT2D eigenvalue weighted by Crippen LogP contribution is -2.32. The summed E-state index contributed by atoms with van der Waals surface area (Å²) in [5.74, 6) is -1.13. The van der Waals surface area contributed by atoms with Gasteiger partial charge in [0, 0.05) is 5.69 Å². The lowest BCUT2D eigenvalue weighted by atomic mass is 9.98. The van der Waals surface area contributed by atoms with Crippen molar-refractivity contribution < 1.29 is 14.7 Å². The normalized spacial score (nSPS) is 13.7. The number of hydrogen-bond donors (Lipinski definition) is 3. The summed E-state index contributed by atoms with van der Waals surface area (Å²) in [6.45, 7) is 3.46. The van der Waals surface area contributed by atoms with Crippen LogP contribution >= 0.6 is 0 Å². The van der Waals surface area contributed by atoms with E-state index in [1.807, 2.05) is 19.1 Å². The van der Waals surface area contributed by atoms with Gasteiger partial charge in [-0.05, 0) is 30.5 Å². The lowest BCUT2D eigenvalue weighted by Gasteiger charge is -2.11. The number of rotatable bonds is 5. The van der Waals surface area contributed by atoms with Crippen molar-refractivity contribution in [3.8, 4) is 0 Å². The Kier molecular flexibility index (Phi) is 4.85. The molecule has 2 atom stereocenters. The van der Waals surface area contributed by atoms with E-state index in [1.165, 1.54) is 0 Å². The van der Waals surface area contributed by atoms with Gasteiger partial charge in [-0.1, -0.05) is 19.1 Å². The summed E-state index contributed by atoms with van der Waals surface area (Å²) in [7, 11) is 0. The molecule has 0 bridgehead atoms. The van der Waals surface area contributed by atoms with Gasteiger partial charge in [0.2, 0.25) is 5.91 Å². The summed E-state index contributed by atoms with van der Waals surface area (Å²) in [5.41, 5.74) is 7.02. The largest absolute Gasteiger partial charge is 0.481 e. The predicted molar refractivity (Wildman–Crippen MR) is 69.4 cm³/mol. The minimum absolute atomic E-state index is 0.0549. The number of carboxylic acids is 1. The average molecular weight is 250 g/mol. The number of hydrogen-bond acceptors (Lipinski definition) is 3. The second-order valence-electron chi connectivity index (χ2n) is 4.40. The lowest BCUT2D eigenvalue weighted by molar-refractivity contribution is -0.137. The van der Waals surface area contributed by atoms with Crippen LogP contribution in [0.4, 0.5) is 5.69 Å². The second-order valence-corrected chi connectivity index (χ2v) is 4.40. The minimum atomic E-state index is -0.822. The molecule has 0 fully saturated rings. The van der Waals surface area contributed by atoms with Gasteiger partial charge in [0.15, 0.2) is 0 Å². The molecule has 5 nitrogen and oxygen atoms in total. The van der Waals surface area contributed by atoms with Crippen LogP contribution in [0.5, 0.6) is 0 Å². The van der Waals surface area contributed by atoms with Crippen LogP contribution < -0.4 is 11.1 Å². The van der Waals surface area contributed by atoms with E-state index < -0.39 is 12.0 Å². The summed E-state index contributed by atoms with van der Waals surface area (Å²) in [5, 5.41) is 11.4. The third kappa shape index (κ3) is 4.18. The number of carbonyl (C=O) groups excluding carboxylic acids is 1. The molecule has 18 heavy (non-hydrogen) atoms. The Morgan fingerprint density at radius 1 is 1.28 bits per heavy atom. The molecule has 2 unspecified atom stereocenters. The van der Waals surface area contributed by atoms with Crippen LogP contribution in [0.2, 0.25) is 0 Å². The average Bonchev–Trinajstić information content (AvgIpc) is 2.28. The summed E-state index contributed by atoms with van der Waals surface area (Å²) < 4.78 is 0. The standard InChI is InChI=1S/C13H18N2O3/c1-8(7-12(16)17)10-3-5-11(6-4-10)15-13(18)9(2)14/h3-6,8-9H,7,14H2,1-2H3,(H,15,18)(H,16,17). The van der Waals surface area contributed by atoms with Gasteiger partial charge in [-0.15, -0.1) is 0 Å². The molecule has 0 aromatic heterocycles. The molecular weight excluding hydrogens is 232 g/mol. The second kappa shape index (κ2) is 6.16. The van der Waals surface area contributed by atoms with Gasteiger partial charge in [0.25, 0.3) is 0 Å². The van der Waals surface area contributed by atoms with Crippen molar-refractivity contribution in [1.29, 1.82) is 0 Å². The molecule has 0 aliphatic rings. The van der Waals surface area contributed by atoms with E-state index >= 15 is 0 Å². The first-order valence-corrected chi connectivity index (χ1v) is 5.78. The Labute approximate surface area is 106 Å². The van der Waals surface area contributed by atoms with Crippen LogP contribution in [0.25, 0.3) is 0 Å². The van der Waals surface area contributed by atoms with Crippen LogP contribution in [0, 0.1) is 0 Å². The predicted octanol–water partition coefficient (Wildman–Crippen LogP) is 1.55. The molecular formula is C13H18N2O3. The van der Waals surface area contributed by atoms with Crippen LogP contribution in [0.1, 0.15) is 31.7 Å². The fourth-order valence-electron chi connectivity index (χ4n) is 1.53. The van der Waals surface area contributed by atoms with Crippen LogP contribution in [-0.4, -0.2) is 23.0 Å². The molecule has 1 rings (SSSR count). The highest BCUT2D eigenvalue weighted by Gasteiger charge is 2.11. The van der Waals surface area contributed by atoms with Crippen LogP contribution in [0.3, 0.4) is 0 Å². The van der Waals surface area contributed by atoms with Crippen molar-refractivity contribution >= 4 is 17.6 Å².